The molecular weight excluding hydrogens is 540 g/mol. The number of rotatable bonds is 5. The fourth-order valence-corrected chi connectivity index (χ4v) is 9.82. The molecule has 0 spiro atoms. The molecule has 0 nitrogen and oxygen atoms in total. The monoisotopic (exact) mass is 574 g/mol. The zero-order chi connectivity index (χ0) is 28.3. The first-order valence-corrected chi connectivity index (χ1v) is 17.6. The van der Waals surface area contributed by atoms with E-state index in [0.29, 0.717) is 0 Å². The average molecular weight is 575 g/mol. The molecule has 1 heteroatoms. The zero-order valence-electron chi connectivity index (χ0n) is 23.9. The van der Waals surface area contributed by atoms with Crippen molar-refractivity contribution < 1.29 is 17.4 Å². The van der Waals surface area contributed by atoms with Crippen LogP contribution >= 0.6 is 0 Å². The van der Waals surface area contributed by atoms with Gasteiger partial charge in [0.15, 0.2) is 0 Å². The SMILES string of the molecule is [CH2]=[Ti]([c]1cccc2c1Cc1ccccc1-2)[c]1cccc2c1Cc1ccccc1-2.c1ccc(CCc2ccccc2)cc1. The van der Waals surface area contributed by atoms with Crippen LogP contribution in [0, 0.1) is 0 Å². The van der Waals surface area contributed by atoms with Crippen molar-refractivity contribution in [3.63, 3.8) is 0 Å². The molecule has 0 aliphatic heterocycles. The third-order valence-corrected chi connectivity index (χ3v) is 12.2. The van der Waals surface area contributed by atoms with Crippen LogP contribution in [0.2, 0.25) is 0 Å². The molecule has 0 saturated heterocycles. The largest absolute Gasteiger partial charge is 0.0622 e. The van der Waals surface area contributed by atoms with E-state index in [9.17, 15) is 0 Å². The molecular formula is C41H34Ti. The van der Waals surface area contributed by atoms with E-state index >= 15 is 0 Å². The minimum absolute atomic E-state index is 1.06. The molecule has 0 bridgehead atoms. The fourth-order valence-electron chi connectivity index (χ4n) is 6.60. The van der Waals surface area contributed by atoms with Gasteiger partial charge in [0.05, 0.1) is 0 Å². The molecule has 42 heavy (non-hydrogen) atoms. The second-order valence-corrected chi connectivity index (χ2v) is 14.5. The molecule has 202 valence electrons. The number of hydrogen-bond acceptors (Lipinski definition) is 0. The second-order valence-electron chi connectivity index (χ2n) is 11.3. The summed E-state index contributed by atoms with van der Waals surface area (Å²) in [5.41, 5.74) is 14.5. The number of benzene rings is 6. The van der Waals surface area contributed by atoms with Crippen LogP contribution in [0.4, 0.5) is 0 Å². The van der Waals surface area contributed by atoms with Gasteiger partial charge in [0.25, 0.3) is 0 Å². The van der Waals surface area contributed by atoms with Gasteiger partial charge in [0.2, 0.25) is 0 Å². The van der Waals surface area contributed by atoms with Crippen molar-refractivity contribution in [1.82, 2.24) is 0 Å². The summed E-state index contributed by atoms with van der Waals surface area (Å²) in [6.07, 6.45) is 4.38. The smallest absolute Gasteiger partial charge is 0.0238 e. The summed E-state index contributed by atoms with van der Waals surface area (Å²) in [6.45, 7) is 0. The van der Waals surface area contributed by atoms with E-state index in [0.717, 1.165) is 25.7 Å². The van der Waals surface area contributed by atoms with Crippen LogP contribution in [0.3, 0.4) is 0 Å². The standard InChI is InChI=1S/C14H14.2C13H9.CH2.Ti/c1-3-7-13(8-4-1)11-12-14-9-5-2-6-10-14;2*1-3-7-12-10(5-1)9-11-6-2-4-8-13(11)12;;/h1-10H,11-12H2;2*1-5,7-8H,9H2;1H2;. The van der Waals surface area contributed by atoms with E-state index in [4.69, 9.17) is 4.82 Å². The predicted octanol–water partition coefficient (Wildman–Crippen LogP) is 8.30. The van der Waals surface area contributed by atoms with E-state index in [1.807, 2.05) is 0 Å². The Hall–Kier alpha value is -4.10. The molecule has 0 atom stereocenters. The first-order valence-electron chi connectivity index (χ1n) is 14.9. The summed E-state index contributed by atoms with van der Waals surface area (Å²) in [5.74, 6) is 0. The molecule has 2 aliphatic rings. The molecule has 0 N–H and O–H groups in total. The summed E-state index contributed by atoms with van der Waals surface area (Å²) in [4.78, 5) is 4.83. The number of fused-ring (bicyclic) bond motifs is 6. The topological polar surface area (TPSA) is 0 Å². The summed E-state index contributed by atoms with van der Waals surface area (Å²) in [7, 11) is 0. The van der Waals surface area contributed by atoms with Gasteiger partial charge < -0.3 is 0 Å². The molecule has 0 unspecified atom stereocenters. The van der Waals surface area contributed by atoms with Gasteiger partial charge in [-0.15, -0.1) is 0 Å². The van der Waals surface area contributed by atoms with Gasteiger partial charge >= 0.3 is 172 Å². The van der Waals surface area contributed by atoms with Crippen LogP contribution in [0.5, 0.6) is 0 Å². The molecule has 6 aromatic carbocycles. The molecule has 0 heterocycles. The first kappa shape index (κ1) is 26.8. The molecule has 2 aliphatic carbocycles. The third kappa shape index (κ3) is 5.29. The van der Waals surface area contributed by atoms with Crippen molar-refractivity contribution in [3.8, 4) is 22.3 Å². The molecule has 0 aromatic heterocycles. The van der Waals surface area contributed by atoms with Crippen molar-refractivity contribution in [1.29, 1.82) is 0 Å². The van der Waals surface area contributed by atoms with Crippen LogP contribution < -0.4 is 7.74 Å². The maximum atomic E-state index is 4.83. The van der Waals surface area contributed by atoms with Crippen LogP contribution in [0.1, 0.15) is 33.4 Å². The van der Waals surface area contributed by atoms with Gasteiger partial charge in [0, 0.05) is 0 Å². The van der Waals surface area contributed by atoms with Gasteiger partial charge in [-0.25, -0.2) is 0 Å². The van der Waals surface area contributed by atoms with Crippen molar-refractivity contribution in [2.24, 2.45) is 0 Å². The van der Waals surface area contributed by atoms with Crippen molar-refractivity contribution in [2.75, 3.05) is 0 Å². The fraction of sp³-hybridized carbons (Fsp3) is 0.0976. The second kappa shape index (κ2) is 12.0. The molecule has 6 aromatic rings. The summed E-state index contributed by atoms with van der Waals surface area (Å²) in [5, 5.41) is 0. The summed E-state index contributed by atoms with van der Waals surface area (Å²) >= 11 is -1.85. The Kier molecular flexibility index (Phi) is 7.67. The molecule has 0 saturated carbocycles. The molecule has 8 rings (SSSR count). The average Bonchev–Trinajstić information content (AvgIpc) is 3.63. The van der Waals surface area contributed by atoms with Crippen molar-refractivity contribution in [2.45, 2.75) is 25.7 Å². The van der Waals surface area contributed by atoms with Crippen molar-refractivity contribution in [3.05, 3.63) is 179 Å². The predicted molar refractivity (Wildman–Crippen MR) is 176 cm³/mol. The van der Waals surface area contributed by atoms with Gasteiger partial charge in [0.1, 0.15) is 0 Å². The Morgan fingerprint density at radius 1 is 0.405 bits per heavy atom. The molecule has 0 fully saturated rings. The summed E-state index contributed by atoms with van der Waals surface area (Å²) in [6, 6.07) is 52.8. The Labute approximate surface area is 255 Å². The van der Waals surface area contributed by atoms with Gasteiger partial charge in [-0.1, -0.05) is 60.7 Å². The Bertz CT molecular complexity index is 1740. The Balaban J connectivity index is 0.000000174. The quantitative estimate of drug-likeness (QED) is 0.182. The normalized spacial score (nSPS) is 11.9. The van der Waals surface area contributed by atoms with Crippen LogP contribution in [-0.2, 0) is 43.1 Å². The zero-order valence-corrected chi connectivity index (χ0v) is 25.5. The first-order chi connectivity index (χ1) is 20.8. The van der Waals surface area contributed by atoms with Gasteiger partial charge in [-0.3, -0.25) is 0 Å². The minimum atomic E-state index is -1.85. The summed E-state index contributed by atoms with van der Waals surface area (Å²) < 4.78 is 3.08. The van der Waals surface area contributed by atoms with E-state index in [1.165, 1.54) is 63.4 Å². The van der Waals surface area contributed by atoms with Gasteiger partial charge in [-0.2, -0.15) is 0 Å². The van der Waals surface area contributed by atoms with Crippen LogP contribution in [-0.4, -0.2) is 4.82 Å². The Morgan fingerprint density at radius 2 is 0.786 bits per heavy atom. The van der Waals surface area contributed by atoms with E-state index in [-0.39, 0.29) is 0 Å². The minimum Gasteiger partial charge on any atom is -0.0622 e. The van der Waals surface area contributed by atoms with Gasteiger partial charge in [-0.05, 0) is 24.0 Å². The van der Waals surface area contributed by atoms with Crippen LogP contribution in [0.15, 0.2) is 146 Å². The number of hydrogen-bond donors (Lipinski definition) is 0. The number of aryl methyl sites for hydroxylation is 2. The Morgan fingerprint density at radius 3 is 1.24 bits per heavy atom. The maximum Gasteiger partial charge on any atom is -0.0238 e. The molecule has 0 amide bonds. The maximum absolute atomic E-state index is 4.83. The van der Waals surface area contributed by atoms with E-state index in [2.05, 4.69) is 146 Å². The van der Waals surface area contributed by atoms with E-state index < -0.39 is 17.4 Å². The molecule has 0 radical (unpaired) electrons. The van der Waals surface area contributed by atoms with Crippen molar-refractivity contribution >= 4 is 12.6 Å². The third-order valence-electron chi connectivity index (χ3n) is 8.74. The van der Waals surface area contributed by atoms with E-state index in [1.54, 1.807) is 0 Å². The van der Waals surface area contributed by atoms with Crippen LogP contribution in [0.25, 0.3) is 22.3 Å².